The number of aromatic hydroxyl groups is 1. The van der Waals surface area contributed by atoms with E-state index in [1.807, 2.05) is 13.1 Å². The molecule has 2 rings (SSSR count). The van der Waals surface area contributed by atoms with Gasteiger partial charge in [-0.25, -0.2) is 0 Å². The van der Waals surface area contributed by atoms with Gasteiger partial charge in [0, 0.05) is 19.5 Å². The van der Waals surface area contributed by atoms with Crippen LogP contribution in [0.1, 0.15) is 17.9 Å². The zero-order valence-electron chi connectivity index (χ0n) is 8.40. The summed E-state index contributed by atoms with van der Waals surface area (Å²) >= 11 is 0. The number of hydrogen-bond acceptors (Lipinski definition) is 3. The summed E-state index contributed by atoms with van der Waals surface area (Å²) in [6.45, 7) is 1.66. The molecule has 1 heterocycles. The Kier molecular flexibility index (Phi) is 2.33. The Morgan fingerprint density at radius 2 is 2.36 bits per heavy atom. The number of nitrogens with two attached hydrogens (primary N) is 1. The van der Waals surface area contributed by atoms with E-state index < -0.39 is 0 Å². The van der Waals surface area contributed by atoms with Crippen molar-refractivity contribution in [1.29, 1.82) is 0 Å². The topological polar surface area (TPSA) is 49.5 Å². The van der Waals surface area contributed by atoms with Crippen molar-refractivity contribution in [3.05, 3.63) is 23.8 Å². The van der Waals surface area contributed by atoms with Crippen LogP contribution in [0, 0.1) is 0 Å². The first-order chi connectivity index (χ1) is 6.74. The van der Waals surface area contributed by atoms with Gasteiger partial charge in [-0.3, -0.25) is 0 Å². The molecule has 0 aromatic heterocycles. The standard InChI is InChI=1S/C11H16N2O/c1-13-7-8(5-6-12)9-3-2-4-10(14)11(9)13/h2-4,8,14H,5-7,12H2,1H3. The molecule has 1 aliphatic heterocycles. The summed E-state index contributed by atoms with van der Waals surface area (Å²) in [4.78, 5) is 2.10. The van der Waals surface area contributed by atoms with Crippen molar-refractivity contribution in [2.45, 2.75) is 12.3 Å². The highest BCUT2D eigenvalue weighted by atomic mass is 16.3. The summed E-state index contributed by atoms with van der Waals surface area (Å²) in [6, 6.07) is 5.72. The van der Waals surface area contributed by atoms with Crippen LogP contribution in [0.2, 0.25) is 0 Å². The molecule has 0 saturated carbocycles. The summed E-state index contributed by atoms with van der Waals surface area (Å²) in [7, 11) is 2.01. The first-order valence-electron chi connectivity index (χ1n) is 4.97. The van der Waals surface area contributed by atoms with Crippen LogP contribution < -0.4 is 10.6 Å². The molecule has 1 aromatic carbocycles. The molecule has 3 nitrogen and oxygen atoms in total. The number of benzene rings is 1. The van der Waals surface area contributed by atoms with Gasteiger partial charge in [-0.05, 0) is 24.6 Å². The van der Waals surface area contributed by atoms with E-state index in [2.05, 4.69) is 11.0 Å². The van der Waals surface area contributed by atoms with Crippen LogP contribution in [0.4, 0.5) is 5.69 Å². The van der Waals surface area contributed by atoms with Crippen LogP contribution in [-0.4, -0.2) is 25.2 Å². The SMILES string of the molecule is CN1CC(CCN)c2cccc(O)c21. The zero-order chi connectivity index (χ0) is 10.1. The van der Waals surface area contributed by atoms with Crippen molar-refractivity contribution < 1.29 is 5.11 Å². The Bertz CT molecular complexity index is 338. The monoisotopic (exact) mass is 192 g/mol. The zero-order valence-corrected chi connectivity index (χ0v) is 8.40. The second kappa shape index (κ2) is 3.50. The molecule has 0 spiro atoms. The van der Waals surface area contributed by atoms with Gasteiger partial charge in [-0.2, -0.15) is 0 Å². The molecule has 1 aromatic rings. The van der Waals surface area contributed by atoms with E-state index >= 15 is 0 Å². The smallest absolute Gasteiger partial charge is 0.139 e. The van der Waals surface area contributed by atoms with Gasteiger partial charge in [0.1, 0.15) is 5.75 Å². The third-order valence-electron chi connectivity index (χ3n) is 2.88. The van der Waals surface area contributed by atoms with Crippen LogP contribution in [0.3, 0.4) is 0 Å². The van der Waals surface area contributed by atoms with E-state index in [9.17, 15) is 5.11 Å². The molecule has 3 N–H and O–H groups in total. The lowest BCUT2D eigenvalue weighted by molar-refractivity contribution is 0.476. The number of rotatable bonds is 2. The molecule has 0 saturated heterocycles. The van der Waals surface area contributed by atoms with Crippen molar-refractivity contribution in [2.75, 3.05) is 25.0 Å². The molecule has 3 heteroatoms. The summed E-state index contributed by atoms with van der Waals surface area (Å²) in [5, 5.41) is 9.71. The Morgan fingerprint density at radius 1 is 1.57 bits per heavy atom. The van der Waals surface area contributed by atoms with Crippen molar-refractivity contribution in [2.24, 2.45) is 5.73 Å². The van der Waals surface area contributed by atoms with E-state index in [0.717, 1.165) is 18.7 Å². The number of para-hydroxylation sites is 1. The molecule has 0 aliphatic carbocycles. The van der Waals surface area contributed by atoms with E-state index in [0.29, 0.717) is 18.2 Å². The Hall–Kier alpha value is -1.22. The van der Waals surface area contributed by atoms with Crippen LogP contribution >= 0.6 is 0 Å². The number of likely N-dealkylation sites (N-methyl/N-ethyl adjacent to an activating group) is 1. The predicted molar refractivity (Wildman–Crippen MR) is 57.8 cm³/mol. The Balaban J connectivity index is 2.39. The molecule has 1 aliphatic rings. The average molecular weight is 192 g/mol. The quantitative estimate of drug-likeness (QED) is 0.742. The lowest BCUT2D eigenvalue weighted by atomic mass is 9.98. The predicted octanol–water partition coefficient (Wildman–Crippen LogP) is 1.27. The largest absolute Gasteiger partial charge is 0.506 e. The maximum Gasteiger partial charge on any atom is 0.139 e. The molecule has 14 heavy (non-hydrogen) atoms. The highest BCUT2D eigenvalue weighted by Crippen LogP contribution is 2.42. The lowest BCUT2D eigenvalue weighted by Crippen LogP contribution is -2.17. The van der Waals surface area contributed by atoms with Crippen molar-refractivity contribution in [1.82, 2.24) is 0 Å². The van der Waals surface area contributed by atoms with Gasteiger partial charge in [0.05, 0.1) is 5.69 Å². The summed E-state index contributed by atoms with van der Waals surface area (Å²) < 4.78 is 0. The minimum absolute atomic E-state index is 0.379. The third kappa shape index (κ3) is 1.34. The van der Waals surface area contributed by atoms with E-state index in [1.165, 1.54) is 5.56 Å². The van der Waals surface area contributed by atoms with Crippen LogP contribution in [-0.2, 0) is 0 Å². The summed E-state index contributed by atoms with van der Waals surface area (Å²) in [6.07, 6.45) is 0.987. The Morgan fingerprint density at radius 3 is 3.07 bits per heavy atom. The van der Waals surface area contributed by atoms with E-state index in [1.54, 1.807) is 6.07 Å². The number of anilines is 1. The first-order valence-corrected chi connectivity index (χ1v) is 4.97. The maximum absolute atomic E-state index is 9.71. The molecule has 1 unspecified atom stereocenters. The second-order valence-corrected chi connectivity index (χ2v) is 3.87. The van der Waals surface area contributed by atoms with Gasteiger partial charge in [-0.1, -0.05) is 12.1 Å². The summed E-state index contributed by atoms with van der Waals surface area (Å²) in [5.74, 6) is 0.858. The van der Waals surface area contributed by atoms with Crippen LogP contribution in [0.15, 0.2) is 18.2 Å². The Labute approximate surface area is 84.1 Å². The number of fused-ring (bicyclic) bond motifs is 1. The summed E-state index contributed by atoms with van der Waals surface area (Å²) in [5.41, 5.74) is 7.78. The van der Waals surface area contributed by atoms with Gasteiger partial charge in [-0.15, -0.1) is 0 Å². The molecule has 1 atom stereocenters. The molecular formula is C11H16N2O. The number of hydrogen-bond donors (Lipinski definition) is 2. The number of phenols is 1. The molecule has 0 bridgehead atoms. The highest BCUT2D eigenvalue weighted by Gasteiger charge is 2.27. The van der Waals surface area contributed by atoms with Gasteiger partial charge in [0.15, 0.2) is 0 Å². The highest BCUT2D eigenvalue weighted by molar-refractivity contribution is 5.67. The van der Waals surface area contributed by atoms with Crippen molar-refractivity contribution >= 4 is 5.69 Å². The maximum atomic E-state index is 9.71. The second-order valence-electron chi connectivity index (χ2n) is 3.87. The molecule has 0 fully saturated rings. The number of phenolic OH excluding ortho intramolecular Hbond substituents is 1. The molecular weight excluding hydrogens is 176 g/mol. The fourth-order valence-corrected chi connectivity index (χ4v) is 2.26. The minimum atomic E-state index is 0.379. The average Bonchev–Trinajstić information content (AvgIpc) is 2.46. The van der Waals surface area contributed by atoms with Gasteiger partial charge in [0.25, 0.3) is 0 Å². The van der Waals surface area contributed by atoms with Gasteiger partial charge < -0.3 is 15.7 Å². The van der Waals surface area contributed by atoms with Crippen LogP contribution in [0.25, 0.3) is 0 Å². The van der Waals surface area contributed by atoms with Crippen molar-refractivity contribution in [3.8, 4) is 5.75 Å². The molecule has 0 radical (unpaired) electrons. The minimum Gasteiger partial charge on any atom is -0.506 e. The number of nitrogens with zero attached hydrogens (tertiary/aromatic N) is 1. The van der Waals surface area contributed by atoms with Crippen molar-refractivity contribution in [3.63, 3.8) is 0 Å². The van der Waals surface area contributed by atoms with Gasteiger partial charge >= 0.3 is 0 Å². The first kappa shape index (κ1) is 9.34. The lowest BCUT2D eigenvalue weighted by Gasteiger charge is -2.13. The third-order valence-corrected chi connectivity index (χ3v) is 2.88. The van der Waals surface area contributed by atoms with E-state index in [4.69, 9.17) is 5.73 Å². The molecule has 76 valence electrons. The fourth-order valence-electron chi connectivity index (χ4n) is 2.26. The normalized spacial score (nSPS) is 19.9. The van der Waals surface area contributed by atoms with Crippen LogP contribution in [0.5, 0.6) is 5.75 Å². The fraction of sp³-hybridized carbons (Fsp3) is 0.455. The molecule has 0 amide bonds. The van der Waals surface area contributed by atoms with Gasteiger partial charge in [0.2, 0.25) is 0 Å². The van der Waals surface area contributed by atoms with E-state index in [-0.39, 0.29) is 0 Å².